The normalized spacial score (nSPS) is 16.1. The average Bonchev–Trinajstić information content (AvgIpc) is 2.98. The molecule has 0 radical (unpaired) electrons. The molecule has 0 unspecified atom stereocenters. The fourth-order valence-electron chi connectivity index (χ4n) is 2.47. The summed E-state index contributed by atoms with van der Waals surface area (Å²) in [5.41, 5.74) is 0.513. The van der Waals surface area contributed by atoms with Gasteiger partial charge >= 0.3 is 0 Å². The number of likely N-dealkylation sites (tertiary alicyclic amines) is 1. The molecule has 1 heterocycles. The highest BCUT2D eigenvalue weighted by Gasteiger charge is 2.30. The van der Waals surface area contributed by atoms with Crippen LogP contribution in [0.25, 0.3) is 0 Å². The molecule has 4 nitrogen and oxygen atoms in total. The summed E-state index contributed by atoms with van der Waals surface area (Å²) in [5, 5.41) is 3.44. The molecule has 1 N–H and O–H groups in total. The number of nitrogens with one attached hydrogen (secondary N) is 1. The first-order valence-corrected chi connectivity index (χ1v) is 7.72. The molecule has 0 aromatic heterocycles. The Hall–Kier alpha value is -1.55. The second-order valence-electron chi connectivity index (χ2n) is 5.73. The fourth-order valence-corrected chi connectivity index (χ4v) is 2.60. The van der Waals surface area contributed by atoms with Crippen molar-refractivity contribution in [2.75, 3.05) is 13.1 Å². The maximum absolute atomic E-state index is 12.5. The number of benzene rings is 1. The standard InChI is InChI=1S/C16H21ClN2O2/c1-11(2)14(16(21)19-9-3-4-10-19)18-15(20)12-5-7-13(17)8-6-12/h5-8,11,14H,3-4,9-10H2,1-2H3,(H,18,20)/t14-/m1/s1. The van der Waals surface area contributed by atoms with Gasteiger partial charge in [0.25, 0.3) is 5.91 Å². The van der Waals surface area contributed by atoms with Crippen LogP contribution in [0, 0.1) is 5.92 Å². The molecule has 1 fully saturated rings. The summed E-state index contributed by atoms with van der Waals surface area (Å²) >= 11 is 5.82. The molecule has 1 saturated heterocycles. The molecule has 1 aliphatic heterocycles. The lowest BCUT2D eigenvalue weighted by Gasteiger charge is -2.26. The summed E-state index contributed by atoms with van der Waals surface area (Å²) in [5.74, 6) is -0.169. The fraction of sp³-hybridized carbons (Fsp3) is 0.500. The predicted octanol–water partition coefficient (Wildman–Crippen LogP) is 2.72. The van der Waals surface area contributed by atoms with Crippen LogP contribution in [0.5, 0.6) is 0 Å². The third-order valence-corrected chi connectivity index (χ3v) is 4.00. The van der Waals surface area contributed by atoms with Gasteiger partial charge in [-0.2, -0.15) is 0 Å². The zero-order valence-corrected chi connectivity index (χ0v) is 13.2. The molecule has 0 aliphatic carbocycles. The van der Waals surface area contributed by atoms with E-state index < -0.39 is 6.04 Å². The van der Waals surface area contributed by atoms with Crippen molar-refractivity contribution >= 4 is 23.4 Å². The third kappa shape index (κ3) is 3.97. The van der Waals surface area contributed by atoms with Gasteiger partial charge in [0.15, 0.2) is 0 Å². The molecule has 114 valence electrons. The highest BCUT2D eigenvalue weighted by Crippen LogP contribution is 2.14. The first-order chi connectivity index (χ1) is 9.99. The minimum atomic E-state index is -0.480. The van der Waals surface area contributed by atoms with Crippen molar-refractivity contribution in [3.8, 4) is 0 Å². The van der Waals surface area contributed by atoms with E-state index in [0.29, 0.717) is 10.6 Å². The highest BCUT2D eigenvalue weighted by molar-refractivity contribution is 6.30. The van der Waals surface area contributed by atoms with Crippen molar-refractivity contribution in [1.29, 1.82) is 0 Å². The Balaban J connectivity index is 2.06. The zero-order chi connectivity index (χ0) is 15.4. The predicted molar refractivity (Wildman–Crippen MR) is 83.4 cm³/mol. The zero-order valence-electron chi connectivity index (χ0n) is 12.4. The first kappa shape index (κ1) is 15.8. The van der Waals surface area contributed by atoms with Crippen LogP contribution in [-0.4, -0.2) is 35.8 Å². The molecule has 0 spiro atoms. The van der Waals surface area contributed by atoms with E-state index in [4.69, 9.17) is 11.6 Å². The molecule has 2 amide bonds. The number of hydrogen-bond donors (Lipinski definition) is 1. The van der Waals surface area contributed by atoms with Crippen molar-refractivity contribution in [2.45, 2.75) is 32.7 Å². The Labute approximate surface area is 130 Å². The molecule has 21 heavy (non-hydrogen) atoms. The van der Waals surface area contributed by atoms with Gasteiger partial charge in [0.2, 0.25) is 5.91 Å². The topological polar surface area (TPSA) is 49.4 Å². The van der Waals surface area contributed by atoms with Gasteiger partial charge in [0, 0.05) is 23.7 Å². The SMILES string of the molecule is CC(C)[C@@H](NC(=O)c1ccc(Cl)cc1)C(=O)N1CCCC1. The molecule has 1 aliphatic rings. The summed E-state index contributed by atoms with van der Waals surface area (Å²) in [6.07, 6.45) is 2.09. The average molecular weight is 309 g/mol. The van der Waals surface area contributed by atoms with Crippen LogP contribution in [-0.2, 0) is 4.79 Å². The number of nitrogens with zero attached hydrogens (tertiary/aromatic N) is 1. The number of carbonyl (C=O) groups excluding carboxylic acids is 2. The Morgan fingerprint density at radius 2 is 1.71 bits per heavy atom. The Kier molecular flexibility index (Phi) is 5.23. The number of carbonyl (C=O) groups is 2. The van der Waals surface area contributed by atoms with E-state index in [1.807, 2.05) is 18.7 Å². The third-order valence-electron chi connectivity index (χ3n) is 3.74. The van der Waals surface area contributed by atoms with E-state index in [-0.39, 0.29) is 17.7 Å². The van der Waals surface area contributed by atoms with Gasteiger partial charge in [-0.3, -0.25) is 9.59 Å². The van der Waals surface area contributed by atoms with Crippen molar-refractivity contribution in [3.63, 3.8) is 0 Å². The molecule has 1 aromatic rings. The largest absolute Gasteiger partial charge is 0.341 e. The van der Waals surface area contributed by atoms with Gasteiger partial charge in [-0.1, -0.05) is 25.4 Å². The van der Waals surface area contributed by atoms with Crippen LogP contribution in [0.4, 0.5) is 0 Å². The first-order valence-electron chi connectivity index (χ1n) is 7.34. The molecule has 2 rings (SSSR count). The van der Waals surface area contributed by atoms with Gasteiger partial charge in [0.1, 0.15) is 6.04 Å². The van der Waals surface area contributed by atoms with E-state index in [1.165, 1.54) is 0 Å². The van der Waals surface area contributed by atoms with Crippen molar-refractivity contribution in [1.82, 2.24) is 10.2 Å². The molecular formula is C16H21ClN2O2. The quantitative estimate of drug-likeness (QED) is 0.930. The number of amides is 2. The summed E-state index contributed by atoms with van der Waals surface area (Å²) in [4.78, 5) is 26.6. The van der Waals surface area contributed by atoms with Gasteiger partial charge in [-0.25, -0.2) is 0 Å². The van der Waals surface area contributed by atoms with E-state index in [1.54, 1.807) is 24.3 Å². The lowest BCUT2D eigenvalue weighted by atomic mass is 10.0. The van der Waals surface area contributed by atoms with Gasteiger partial charge in [-0.15, -0.1) is 0 Å². The molecule has 0 bridgehead atoms. The van der Waals surface area contributed by atoms with Crippen LogP contribution in [0.15, 0.2) is 24.3 Å². The number of rotatable bonds is 4. The van der Waals surface area contributed by atoms with E-state index in [0.717, 1.165) is 25.9 Å². The second-order valence-corrected chi connectivity index (χ2v) is 6.17. The van der Waals surface area contributed by atoms with Crippen LogP contribution < -0.4 is 5.32 Å². The van der Waals surface area contributed by atoms with Crippen LogP contribution >= 0.6 is 11.6 Å². The van der Waals surface area contributed by atoms with Gasteiger partial charge in [0.05, 0.1) is 0 Å². The summed E-state index contributed by atoms with van der Waals surface area (Å²) < 4.78 is 0. The monoisotopic (exact) mass is 308 g/mol. The maximum Gasteiger partial charge on any atom is 0.251 e. The van der Waals surface area contributed by atoms with Crippen LogP contribution in [0.2, 0.25) is 5.02 Å². The number of halogens is 1. The second kappa shape index (κ2) is 6.94. The Morgan fingerprint density at radius 3 is 2.24 bits per heavy atom. The van der Waals surface area contributed by atoms with E-state index in [2.05, 4.69) is 5.32 Å². The van der Waals surface area contributed by atoms with Crippen molar-refractivity contribution < 1.29 is 9.59 Å². The summed E-state index contributed by atoms with van der Waals surface area (Å²) in [7, 11) is 0. The molecular weight excluding hydrogens is 288 g/mol. The van der Waals surface area contributed by atoms with Gasteiger partial charge in [-0.05, 0) is 43.0 Å². The highest BCUT2D eigenvalue weighted by atomic mass is 35.5. The Bertz CT molecular complexity index is 508. The molecule has 0 saturated carbocycles. The lowest BCUT2D eigenvalue weighted by Crippen LogP contribution is -2.50. The minimum Gasteiger partial charge on any atom is -0.341 e. The van der Waals surface area contributed by atoms with Crippen molar-refractivity contribution in [2.24, 2.45) is 5.92 Å². The van der Waals surface area contributed by atoms with E-state index >= 15 is 0 Å². The Morgan fingerprint density at radius 1 is 1.14 bits per heavy atom. The summed E-state index contributed by atoms with van der Waals surface area (Å²) in [6, 6.07) is 6.18. The minimum absolute atomic E-state index is 0.0183. The van der Waals surface area contributed by atoms with Crippen LogP contribution in [0.3, 0.4) is 0 Å². The molecule has 1 atom stereocenters. The smallest absolute Gasteiger partial charge is 0.251 e. The van der Waals surface area contributed by atoms with Gasteiger partial charge < -0.3 is 10.2 Å². The maximum atomic E-state index is 12.5. The van der Waals surface area contributed by atoms with Crippen molar-refractivity contribution in [3.05, 3.63) is 34.9 Å². The number of hydrogen-bond acceptors (Lipinski definition) is 2. The lowest BCUT2D eigenvalue weighted by molar-refractivity contribution is -0.133. The van der Waals surface area contributed by atoms with E-state index in [9.17, 15) is 9.59 Å². The molecule has 5 heteroatoms. The molecule has 1 aromatic carbocycles. The summed E-state index contributed by atoms with van der Waals surface area (Å²) in [6.45, 7) is 5.47. The van der Waals surface area contributed by atoms with Crippen LogP contribution in [0.1, 0.15) is 37.0 Å².